The molecule has 0 saturated carbocycles. The molecule has 1 aromatic carbocycles. The van der Waals surface area contributed by atoms with Gasteiger partial charge in [-0.2, -0.15) is 0 Å². The van der Waals surface area contributed by atoms with E-state index < -0.39 is 0 Å². The predicted octanol–water partition coefficient (Wildman–Crippen LogP) is 3.27. The van der Waals surface area contributed by atoms with Gasteiger partial charge in [-0.15, -0.1) is 0 Å². The molecule has 19 heavy (non-hydrogen) atoms. The number of pyridine rings is 1. The standard InChI is InChI=1S/C16H18N2O/c1-12-3-5-15(13(2)11-12)18-16(19)6-4-14-7-9-17-10-8-14/h3,5,7-11H,4,6H2,1-2H3,(H,18,19). The Kier molecular flexibility index (Phi) is 4.29. The van der Waals surface area contributed by atoms with Gasteiger partial charge in [0.05, 0.1) is 0 Å². The van der Waals surface area contributed by atoms with Crippen LogP contribution in [0.2, 0.25) is 0 Å². The van der Waals surface area contributed by atoms with Crippen LogP contribution in [0.3, 0.4) is 0 Å². The second-order valence-corrected chi connectivity index (χ2v) is 4.72. The van der Waals surface area contributed by atoms with Gasteiger partial charge in [0.15, 0.2) is 0 Å². The molecule has 3 heteroatoms. The first-order valence-corrected chi connectivity index (χ1v) is 6.41. The smallest absolute Gasteiger partial charge is 0.224 e. The summed E-state index contributed by atoms with van der Waals surface area (Å²) in [6.45, 7) is 4.05. The monoisotopic (exact) mass is 254 g/mol. The molecule has 2 aromatic rings. The Bertz CT molecular complexity index is 564. The van der Waals surface area contributed by atoms with E-state index in [2.05, 4.69) is 16.4 Å². The van der Waals surface area contributed by atoms with Crippen LogP contribution >= 0.6 is 0 Å². The predicted molar refractivity (Wildman–Crippen MR) is 77.1 cm³/mol. The van der Waals surface area contributed by atoms with Gasteiger partial charge in [-0.05, 0) is 49.6 Å². The lowest BCUT2D eigenvalue weighted by molar-refractivity contribution is -0.116. The zero-order valence-electron chi connectivity index (χ0n) is 11.3. The zero-order chi connectivity index (χ0) is 13.7. The molecule has 3 nitrogen and oxygen atoms in total. The number of nitrogens with zero attached hydrogens (tertiary/aromatic N) is 1. The molecule has 0 aliphatic rings. The Morgan fingerprint density at radius 1 is 1.16 bits per heavy atom. The fraction of sp³-hybridized carbons (Fsp3) is 0.250. The van der Waals surface area contributed by atoms with Crippen molar-refractivity contribution in [2.75, 3.05) is 5.32 Å². The number of hydrogen-bond donors (Lipinski definition) is 1. The van der Waals surface area contributed by atoms with Crippen molar-refractivity contribution in [1.82, 2.24) is 4.98 Å². The van der Waals surface area contributed by atoms with Gasteiger partial charge >= 0.3 is 0 Å². The highest BCUT2D eigenvalue weighted by atomic mass is 16.1. The van der Waals surface area contributed by atoms with Crippen molar-refractivity contribution in [1.29, 1.82) is 0 Å². The molecule has 0 saturated heterocycles. The molecule has 98 valence electrons. The number of benzene rings is 1. The third-order valence-electron chi connectivity index (χ3n) is 3.05. The number of rotatable bonds is 4. The van der Waals surface area contributed by atoms with Crippen LogP contribution in [0.1, 0.15) is 23.1 Å². The Balaban J connectivity index is 1.91. The van der Waals surface area contributed by atoms with Gasteiger partial charge in [0.25, 0.3) is 0 Å². The molecule has 0 spiro atoms. The van der Waals surface area contributed by atoms with Gasteiger partial charge < -0.3 is 5.32 Å². The van der Waals surface area contributed by atoms with E-state index in [9.17, 15) is 4.79 Å². The van der Waals surface area contributed by atoms with Crippen LogP contribution in [0.25, 0.3) is 0 Å². The zero-order valence-corrected chi connectivity index (χ0v) is 11.3. The van der Waals surface area contributed by atoms with Crippen molar-refractivity contribution in [2.45, 2.75) is 26.7 Å². The van der Waals surface area contributed by atoms with E-state index in [0.29, 0.717) is 6.42 Å². The van der Waals surface area contributed by atoms with Crippen LogP contribution in [0.15, 0.2) is 42.7 Å². The van der Waals surface area contributed by atoms with Crippen molar-refractivity contribution in [2.24, 2.45) is 0 Å². The first-order valence-electron chi connectivity index (χ1n) is 6.41. The first-order chi connectivity index (χ1) is 9.15. The highest BCUT2D eigenvalue weighted by molar-refractivity contribution is 5.91. The van der Waals surface area contributed by atoms with Crippen LogP contribution < -0.4 is 5.32 Å². The minimum absolute atomic E-state index is 0.0452. The maximum absolute atomic E-state index is 11.9. The summed E-state index contributed by atoms with van der Waals surface area (Å²) in [7, 11) is 0. The number of carbonyl (C=O) groups excluding carboxylic acids is 1. The van der Waals surface area contributed by atoms with Gasteiger partial charge in [-0.25, -0.2) is 0 Å². The second-order valence-electron chi connectivity index (χ2n) is 4.72. The normalized spacial score (nSPS) is 10.2. The summed E-state index contributed by atoms with van der Waals surface area (Å²) in [5.41, 5.74) is 4.32. The average Bonchev–Trinajstić information content (AvgIpc) is 2.41. The van der Waals surface area contributed by atoms with Gasteiger partial charge in [0.1, 0.15) is 0 Å². The summed E-state index contributed by atoms with van der Waals surface area (Å²) < 4.78 is 0. The minimum Gasteiger partial charge on any atom is -0.326 e. The Labute approximate surface area is 113 Å². The van der Waals surface area contributed by atoms with Crippen LogP contribution in [-0.4, -0.2) is 10.9 Å². The maximum atomic E-state index is 11.9. The number of amides is 1. The molecular formula is C16H18N2O. The number of aryl methyl sites for hydroxylation is 3. The summed E-state index contributed by atoms with van der Waals surface area (Å²) in [4.78, 5) is 15.9. The largest absolute Gasteiger partial charge is 0.326 e. The highest BCUT2D eigenvalue weighted by Gasteiger charge is 2.05. The van der Waals surface area contributed by atoms with Crippen molar-refractivity contribution in [3.05, 3.63) is 59.4 Å². The van der Waals surface area contributed by atoms with Crippen molar-refractivity contribution < 1.29 is 4.79 Å². The van der Waals surface area contributed by atoms with Gasteiger partial charge in [-0.1, -0.05) is 17.7 Å². The third-order valence-corrected chi connectivity index (χ3v) is 3.05. The van der Waals surface area contributed by atoms with Crippen LogP contribution in [0.5, 0.6) is 0 Å². The van der Waals surface area contributed by atoms with Crippen LogP contribution in [-0.2, 0) is 11.2 Å². The number of carbonyl (C=O) groups is 1. The van der Waals surface area contributed by atoms with Crippen LogP contribution in [0.4, 0.5) is 5.69 Å². The van der Waals surface area contributed by atoms with Crippen molar-refractivity contribution in [3.8, 4) is 0 Å². The fourth-order valence-corrected chi connectivity index (χ4v) is 1.97. The SMILES string of the molecule is Cc1ccc(NC(=O)CCc2ccncc2)c(C)c1. The molecule has 1 amide bonds. The molecule has 0 aliphatic heterocycles. The Hall–Kier alpha value is -2.16. The molecule has 0 unspecified atom stereocenters. The van der Waals surface area contributed by atoms with E-state index in [0.717, 1.165) is 23.2 Å². The summed E-state index contributed by atoms with van der Waals surface area (Å²) in [5.74, 6) is 0.0452. The second kappa shape index (κ2) is 6.14. The lowest BCUT2D eigenvalue weighted by Gasteiger charge is -2.09. The lowest BCUT2D eigenvalue weighted by atomic mass is 10.1. The Morgan fingerprint density at radius 2 is 1.89 bits per heavy atom. The molecule has 2 rings (SSSR count). The van der Waals surface area contributed by atoms with Gasteiger partial charge in [0, 0.05) is 24.5 Å². The minimum atomic E-state index is 0.0452. The van der Waals surface area contributed by atoms with E-state index in [1.807, 2.05) is 38.1 Å². The quantitative estimate of drug-likeness (QED) is 0.909. The first kappa shape index (κ1) is 13.3. The average molecular weight is 254 g/mol. The number of aromatic nitrogens is 1. The molecule has 0 bridgehead atoms. The number of nitrogens with one attached hydrogen (secondary N) is 1. The van der Waals surface area contributed by atoms with E-state index in [-0.39, 0.29) is 5.91 Å². The fourth-order valence-electron chi connectivity index (χ4n) is 1.97. The summed E-state index contributed by atoms with van der Waals surface area (Å²) in [5, 5.41) is 2.95. The molecule has 1 N–H and O–H groups in total. The van der Waals surface area contributed by atoms with E-state index in [4.69, 9.17) is 0 Å². The van der Waals surface area contributed by atoms with Crippen LogP contribution in [0, 0.1) is 13.8 Å². The highest BCUT2D eigenvalue weighted by Crippen LogP contribution is 2.16. The van der Waals surface area contributed by atoms with Gasteiger partial charge in [0.2, 0.25) is 5.91 Å². The summed E-state index contributed by atoms with van der Waals surface area (Å²) in [6.07, 6.45) is 4.71. The molecule has 0 atom stereocenters. The molecule has 1 aromatic heterocycles. The summed E-state index contributed by atoms with van der Waals surface area (Å²) >= 11 is 0. The molecule has 0 radical (unpaired) electrons. The van der Waals surface area contributed by atoms with E-state index in [1.54, 1.807) is 12.4 Å². The Morgan fingerprint density at radius 3 is 2.58 bits per heavy atom. The molecule has 0 fully saturated rings. The van der Waals surface area contributed by atoms with E-state index in [1.165, 1.54) is 5.56 Å². The van der Waals surface area contributed by atoms with Crippen molar-refractivity contribution >= 4 is 11.6 Å². The van der Waals surface area contributed by atoms with Crippen molar-refractivity contribution in [3.63, 3.8) is 0 Å². The molecular weight excluding hydrogens is 236 g/mol. The molecule has 1 heterocycles. The molecule has 0 aliphatic carbocycles. The number of hydrogen-bond acceptors (Lipinski definition) is 2. The van der Waals surface area contributed by atoms with E-state index >= 15 is 0 Å². The van der Waals surface area contributed by atoms with Gasteiger partial charge in [-0.3, -0.25) is 9.78 Å². The summed E-state index contributed by atoms with van der Waals surface area (Å²) in [6, 6.07) is 9.90. The topological polar surface area (TPSA) is 42.0 Å². The third kappa shape index (κ3) is 3.91. The lowest BCUT2D eigenvalue weighted by Crippen LogP contribution is -2.13. The maximum Gasteiger partial charge on any atom is 0.224 e. The number of anilines is 1.